The maximum absolute atomic E-state index is 11.4. The summed E-state index contributed by atoms with van der Waals surface area (Å²) in [6, 6.07) is 0. The first-order chi connectivity index (χ1) is 8.70. The third kappa shape index (κ3) is 11.9. The number of ether oxygens (including phenoxy) is 2. The highest BCUT2D eigenvalue weighted by Crippen LogP contribution is 2.09. The van der Waals surface area contributed by atoms with Crippen molar-refractivity contribution in [1.29, 1.82) is 0 Å². The van der Waals surface area contributed by atoms with E-state index in [2.05, 4.69) is 6.92 Å². The second-order valence-corrected chi connectivity index (χ2v) is 4.95. The number of unbranched alkanes of at least 4 members (excludes halogenated alkanes) is 7. The van der Waals surface area contributed by atoms with Crippen LogP contribution >= 0.6 is 0 Å². The summed E-state index contributed by atoms with van der Waals surface area (Å²) < 4.78 is 10.1. The largest absolute Gasteiger partial charge is 0.463 e. The van der Waals surface area contributed by atoms with Crippen molar-refractivity contribution < 1.29 is 14.3 Å². The average molecular weight is 258 g/mol. The fourth-order valence-electron chi connectivity index (χ4n) is 1.75. The van der Waals surface area contributed by atoms with E-state index < -0.39 is 0 Å². The minimum atomic E-state index is -0.0927. The van der Waals surface area contributed by atoms with Crippen molar-refractivity contribution >= 4 is 5.97 Å². The molecule has 0 amide bonds. The molecule has 0 saturated heterocycles. The number of hydrogen-bond donors (Lipinski definition) is 0. The number of carbonyl (C=O) groups excluding carboxylic acids is 1. The van der Waals surface area contributed by atoms with Gasteiger partial charge in [-0.25, -0.2) is 0 Å². The fourth-order valence-corrected chi connectivity index (χ4v) is 1.75. The normalized spacial score (nSPS) is 12.4. The van der Waals surface area contributed by atoms with E-state index in [1.165, 1.54) is 38.5 Å². The van der Waals surface area contributed by atoms with Gasteiger partial charge in [0.1, 0.15) is 6.61 Å². The van der Waals surface area contributed by atoms with Gasteiger partial charge < -0.3 is 9.47 Å². The minimum Gasteiger partial charge on any atom is -0.463 e. The first-order valence-corrected chi connectivity index (χ1v) is 7.39. The van der Waals surface area contributed by atoms with Gasteiger partial charge in [0, 0.05) is 13.5 Å². The molecule has 3 heteroatoms. The number of esters is 1. The van der Waals surface area contributed by atoms with Crippen LogP contribution in [0.1, 0.15) is 71.6 Å². The quantitative estimate of drug-likeness (QED) is 0.390. The van der Waals surface area contributed by atoms with Crippen LogP contribution in [0, 0.1) is 0 Å². The van der Waals surface area contributed by atoms with Crippen molar-refractivity contribution in [3.05, 3.63) is 0 Å². The molecule has 1 unspecified atom stereocenters. The van der Waals surface area contributed by atoms with Crippen LogP contribution in [-0.4, -0.2) is 25.8 Å². The maximum Gasteiger partial charge on any atom is 0.305 e. The SMILES string of the molecule is CCCCCCCCCCC(=O)OCC(C)OC. The summed E-state index contributed by atoms with van der Waals surface area (Å²) in [5, 5.41) is 0. The molecule has 0 aliphatic rings. The van der Waals surface area contributed by atoms with E-state index in [1.54, 1.807) is 7.11 Å². The van der Waals surface area contributed by atoms with Crippen LogP contribution in [0.3, 0.4) is 0 Å². The van der Waals surface area contributed by atoms with Crippen LogP contribution in [-0.2, 0) is 14.3 Å². The summed E-state index contributed by atoms with van der Waals surface area (Å²) >= 11 is 0. The van der Waals surface area contributed by atoms with Crippen molar-refractivity contribution in [1.82, 2.24) is 0 Å². The molecular weight excluding hydrogens is 228 g/mol. The first kappa shape index (κ1) is 17.4. The molecule has 0 aliphatic carbocycles. The Morgan fingerprint density at radius 1 is 1.00 bits per heavy atom. The number of hydrogen-bond acceptors (Lipinski definition) is 3. The summed E-state index contributed by atoms with van der Waals surface area (Å²) in [6.45, 7) is 4.49. The molecule has 0 aliphatic heterocycles. The summed E-state index contributed by atoms with van der Waals surface area (Å²) in [5.74, 6) is -0.0927. The Hall–Kier alpha value is -0.570. The summed E-state index contributed by atoms with van der Waals surface area (Å²) in [6.07, 6.45) is 10.5. The molecule has 0 bridgehead atoms. The third-order valence-electron chi connectivity index (χ3n) is 3.12. The van der Waals surface area contributed by atoms with Gasteiger partial charge in [0.15, 0.2) is 0 Å². The third-order valence-corrected chi connectivity index (χ3v) is 3.12. The molecule has 0 fully saturated rings. The average Bonchev–Trinajstić information content (AvgIpc) is 2.39. The summed E-state index contributed by atoms with van der Waals surface area (Å²) in [7, 11) is 1.62. The van der Waals surface area contributed by atoms with Gasteiger partial charge in [-0.1, -0.05) is 51.9 Å². The van der Waals surface area contributed by atoms with Gasteiger partial charge in [0.05, 0.1) is 6.10 Å². The molecule has 0 rings (SSSR count). The maximum atomic E-state index is 11.4. The Bertz CT molecular complexity index is 192. The van der Waals surface area contributed by atoms with Crippen molar-refractivity contribution in [2.24, 2.45) is 0 Å². The van der Waals surface area contributed by atoms with Crippen molar-refractivity contribution in [3.63, 3.8) is 0 Å². The minimum absolute atomic E-state index is 0.00693. The zero-order chi connectivity index (χ0) is 13.6. The molecule has 0 heterocycles. The highest BCUT2D eigenvalue weighted by atomic mass is 16.6. The molecule has 0 radical (unpaired) electrons. The molecule has 0 saturated carbocycles. The molecule has 1 atom stereocenters. The second-order valence-electron chi connectivity index (χ2n) is 4.95. The second kappa shape index (κ2) is 12.9. The van der Waals surface area contributed by atoms with Gasteiger partial charge in [-0.05, 0) is 13.3 Å². The van der Waals surface area contributed by atoms with E-state index in [-0.39, 0.29) is 12.1 Å². The van der Waals surface area contributed by atoms with E-state index in [4.69, 9.17) is 9.47 Å². The molecule has 108 valence electrons. The highest BCUT2D eigenvalue weighted by molar-refractivity contribution is 5.69. The highest BCUT2D eigenvalue weighted by Gasteiger charge is 2.05. The Morgan fingerprint density at radius 2 is 1.56 bits per heavy atom. The van der Waals surface area contributed by atoms with Gasteiger partial charge in [0.2, 0.25) is 0 Å². The Kier molecular flexibility index (Phi) is 12.5. The van der Waals surface area contributed by atoms with Gasteiger partial charge in [0.25, 0.3) is 0 Å². The standard InChI is InChI=1S/C15H30O3/c1-4-5-6-7-8-9-10-11-12-15(16)18-13-14(2)17-3/h14H,4-13H2,1-3H3. The van der Waals surface area contributed by atoms with Gasteiger partial charge in [-0.2, -0.15) is 0 Å². The van der Waals surface area contributed by atoms with Crippen LogP contribution < -0.4 is 0 Å². The molecule has 3 nitrogen and oxygen atoms in total. The van der Waals surface area contributed by atoms with Crippen LogP contribution in [0.4, 0.5) is 0 Å². The fraction of sp³-hybridized carbons (Fsp3) is 0.933. The molecule has 0 N–H and O–H groups in total. The molecule has 0 spiro atoms. The van der Waals surface area contributed by atoms with Crippen molar-refractivity contribution in [3.8, 4) is 0 Å². The molecule has 0 aromatic rings. The van der Waals surface area contributed by atoms with E-state index in [9.17, 15) is 4.79 Å². The van der Waals surface area contributed by atoms with Crippen LogP contribution in [0.5, 0.6) is 0 Å². The lowest BCUT2D eigenvalue weighted by molar-refractivity contribution is -0.147. The summed E-state index contributed by atoms with van der Waals surface area (Å²) in [4.78, 5) is 11.4. The number of rotatable bonds is 12. The lowest BCUT2D eigenvalue weighted by atomic mass is 10.1. The predicted molar refractivity (Wildman–Crippen MR) is 74.7 cm³/mol. The molecular formula is C15H30O3. The zero-order valence-electron chi connectivity index (χ0n) is 12.4. The van der Waals surface area contributed by atoms with Crippen molar-refractivity contribution in [2.45, 2.75) is 77.7 Å². The van der Waals surface area contributed by atoms with E-state index in [0.29, 0.717) is 13.0 Å². The Labute approximate surface area is 112 Å². The number of methoxy groups -OCH3 is 1. The number of carbonyl (C=O) groups is 1. The monoisotopic (exact) mass is 258 g/mol. The zero-order valence-corrected chi connectivity index (χ0v) is 12.4. The molecule has 0 aromatic heterocycles. The lowest BCUT2D eigenvalue weighted by Crippen LogP contribution is -2.17. The van der Waals surface area contributed by atoms with Crippen LogP contribution in [0.2, 0.25) is 0 Å². The van der Waals surface area contributed by atoms with E-state index >= 15 is 0 Å². The predicted octanol–water partition coefficient (Wildman–Crippen LogP) is 4.10. The Balaban J connectivity index is 3.20. The Morgan fingerprint density at radius 3 is 2.11 bits per heavy atom. The van der Waals surface area contributed by atoms with E-state index in [0.717, 1.165) is 12.8 Å². The van der Waals surface area contributed by atoms with Crippen LogP contribution in [0.15, 0.2) is 0 Å². The van der Waals surface area contributed by atoms with Crippen molar-refractivity contribution in [2.75, 3.05) is 13.7 Å². The topological polar surface area (TPSA) is 35.5 Å². The van der Waals surface area contributed by atoms with Gasteiger partial charge in [-0.3, -0.25) is 4.79 Å². The lowest BCUT2D eigenvalue weighted by Gasteiger charge is -2.09. The first-order valence-electron chi connectivity index (χ1n) is 7.39. The van der Waals surface area contributed by atoms with E-state index in [1.807, 2.05) is 6.92 Å². The van der Waals surface area contributed by atoms with Crippen LogP contribution in [0.25, 0.3) is 0 Å². The molecule has 18 heavy (non-hydrogen) atoms. The van der Waals surface area contributed by atoms with Gasteiger partial charge >= 0.3 is 5.97 Å². The van der Waals surface area contributed by atoms with Gasteiger partial charge in [-0.15, -0.1) is 0 Å². The summed E-state index contributed by atoms with van der Waals surface area (Å²) in [5.41, 5.74) is 0. The smallest absolute Gasteiger partial charge is 0.305 e. The molecule has 0 aromatic carbocycles.